The van der Waals surface area contributed by atoms with Crippen molar-refractivity contribution < 1.29 is 9.53 Å². The van der Waals surface area contributed by atoms with Crippen LogP contribution >= 0.6 is 207 Å². The van der Waals surface area contributed by atoms with Gasteiger partial charge in [0.05, 0.1) is 0 Å². The van der Waals surface area contributed by atoms with Crippen molar-refractivity contribution in [1.82, 2.24) is 0 Å². The molecule has 0 aliphatic carbocycles. The smallest absolute Gasteiger partial charge is 0.295 e. The second kappa shape index (κ2) is 9.24. The number of rotatable bonds is 6. The van der Waals surface area contributed by atoms with Gasteiger partial charge in [0.15, 0.2) is 5.38 Å². The van der Waals surface area contributed by atoms with Crippen molar-refractivity contribution in [1.29, 1.82) is 0 Å². The van der Waals surface area contributed by atoms with Crippen LogP contribution in [0.2, 0.25) is 0 Å². The van der Waals surface area contributed by atoms with Gasteiger partial charge in [-0.25, -0.2) is 0 Å². The Kier molecular flexibility index (Phi) is 11.6. The van der Waals surface area contributed by atoms with Crippen LogP contribution in [0.15, 0.2) is 0 Å². The molecule has 0 amide bonds. The number of carbonyl (C=O) groups excluding carboxylic acids is 1. The molecule has 15 heteroatoms. The minimum atomic E-state index is -1.32. The average molecular weight is 1160 g/mol. The summed E-state index contributed by atoms with van der Waals surface area (Å²) in [7, 11) is 0. The van der Waals surface area contributed by atoms with Gasteiger partial charge in [0.2, 0.25) is 3.42 Å². The SMILES string of the molecule is O=COC(Br)(Br)C(Br)(Br)C(Br)(Br)C(Br)(Br)C(Br)(Br)C(Br)(Br)Br. The first kappa shape index (κ1) is 27.7. The van der Waals surface area contributed by atoms with Crippen LogP contribution in [0.1, 0.15) is 0 Å². The molecule has 2 nitrogen and oxygen atoms in total. The Hall–Kier alpha value is 5.71. The van der Waals surface area contributed by atoms with Crippen LogP contribution in [0.25, 0.3) is 0 Å². The van der Waals surface area contributed by atoms with Gasteiger partial charge in [-0.05, 0) is 31.9 Å². The van der Waals surface area contributed by atoms with Crippen LogP contribution < -0.4 is 0 Å². The fourth-order valence-electron chi connectivity index (χ4n) is 0.890. The summed E-state index contributed by atoms with van der Waals surface area (Å²) in [6.07, 6.45) is 0. The van der Waals surface area contributed by atoms with Crippen LogP contribution in [0.4, 0.5) is 0 Å². The van der Waals surface area contributed by atoms with Crippen molar-refractivity contribution in [3.05, 3.63) is 0 Å². The van der Waals surface area contributed by atoms with E-state index in [-0.39, 0.29) is 0 Å². The summed E-state index contributed by atoms with van der Waals surface area (Å²) in [6.45, 7) is 0.306. The van der Waals surface area contributed by atoms with E-state index in [4.69, 9.17) is 4.74 Å². The third-order valence-electron chi connectivity index (χ3n) is 2.10. The lowest BCUT2D eigenvalue weighted by Crippen LogP contribution is -2.63. The molecule has 0 aliphatic rings. The van der Waals surface area contributed by atoms with Gasteiger partial charge in [-0.15, -0.1) is 0 Å². The van der Waals surface area contributed by atoms with Gasteiger partial charge in [0.25, 0.3) is 6.47 Å². The number of ether oxygens (including phenoxy) is 1. The molecule has 0 rings (SSSR count). The summed E-state index contributed by atoms with van der Waals surface area (Å²) >= 11 is 45.8. The van der Waals surface area contributed by atoms with Crippen LogP contribution in [-0.4, -0.2) is 25.0 Å². The molecule has 0 N–H and O–H groups in total. The molecule has 0 atom stereocenters. The highest BCUT2D eigenvalue weighted by Crippen LogP contribution is 2.74. The molecular weight excluding hydrogens is 1150 g/mol. The quantitative estimate of drug-likeness (QED) is 0.196. The van der Waals surface area contributed by atoms with Crippen LogP contribution in [0.5, 0.6) is 0 Å². The Bertz CT molecular complexity index is 423. The summed E-state index contributed by atoms with van der Waals surface area (Å²) in [5.74, 6) is 0. The minimum Gasteiger partial charge on any atom is -0.437 e. The van der Waals surface area contributed by atoms with E-state index in [1.165, 1.54) is 0 Å². The fraction of sp³-hybridized carbons (Fsp3) is 0.857. The highest BCUT2D eigenvalue weighted by molar-refractivity contribution is 9.42. The van der Waals surface area contributed by atoms with Gasteiger partial charge in [0.1, 0.15) is 9.70 Å². The van der Waals surface area contributed by atoms with Crippen LogP contribution in [0, 0.1) is 0 Å². The van der Waals surface area contributed by atoms with Crippen molar-refractivity contribution in [2.45, 2.75) is 18.5 Å². The first-order valence-electron chi connectivity index (χ1n) is 4.38. The lowest BCUT2D eigenvalue weighted by Gasteiger charge is -2.53. The third-order valence-corrected chi connectivity index (χ3v) is 26.6. The Balaban J connectivity index is 6.16. The Morgan fingerprint density at radius 2 is 0.864 bits per heavy atom. The second-order valence-electron chi connectivity index (χ2n) is 3.53. The Morgan fingerprint density at radius 3 is 1.14 bits per heavy atom. The molecule has 0 spiro atoms. The molecule has 0 radical (unpaired) electrons. The summed E-state index contributed by atoms with van der Waals surface area (Å²) in [5.41, 5.74) is 0. The molecule has 0 fully saturated rings. The molecular formula is C7HBr13O2. The molecule has 0 heterocycles. The van der Waals surface area contributed by atoms with Gasteiger partial charge < -0.3 is 4.74 Å². The number of carbonyl (C=O) groups is 1. The van der Waals surface area contributed by atoms with Gasteiger partial charge in [-0.2, -0.15) is 0 Å². The Labute approximate surface area is 236 Å². The average Bonchev–Trinajstić information content (AvgIpc) is 2.26. The molecule has 0 saturated carbocycles. The van der Waals surface area contributed by atoms with Crippen molar-refractivity contribution in [2.75, 3.05) is 0 Å². The van der Waals surface area contributed by atoms with E-state index in [2.05, 4.69) is 207 Å². The summed E-state index contributed by atoms with van der Waals surface area (Å²) in [4.78, 5) is 10.8. The number of hydrogen-bond acceptors (Lipinski definition) is 2. The molecule has 0 unspecified atom stereocenters. The summed E-state index contributed by atoms with van der Waals surface area (Å²) in [6, 6.07) is 0. The van der Waals surface area contributed by atoms with E-state index in [0.29, 0.717) is 6.47 Å². The largest absolute Gasteiger partial charge is 0.437 e. The van der Waals surface area contributed by atoms with Crippen molar-refractivity contribution in [3.8, 4) is 0 Å². The number of alkyl halides is 13. The molecule has 0 bridgehead atoms. The number of halogens is 13. The topological polar surface area (TPSA) is 26.3 Å². The molecule has 132 valence electrons. The van der Waals surface area contributed by atoms with Crippen molar-refractivity contribution in [3.63, 3.8) is 0 Å². The van der Waals surface area contributed by atoms with Crippen molar-refractivity contribution >= 4 is 214 Å². The zero-order chi connectivity index (χ0) is 18.4. The molecule has 22 heavy (non-hydrogen) atoms. The van der Waals surface area contributed by atoms with Gasteiger partial charge in [0, 0.05) is 0 Å². The second-order valence-corrected chi connectivity index (χ2v) is 27.4. The molecule has 0 aromatic heterocycles. The predicted octanol–water partition coefficient (Wildman–Crippen LogP) is 9.39. The monoisotopic (exact) mass is 1140 g/mol. The minimum absolute atomic E-state index is 0.306. The molecule has 0 saturated heterocycles. The lowest BCUT2D eigenvalue weighted by atomic mass is 10.2. The van der Waals surface area contributed by atoms with Crippen LogP contribution in [-0.2, 0) is 9.53 Å². The normalized spacial score (nSPS) is 15.7. The van der Waals surface area contributed by atoms with E-state index in [1.807, 2.05) is 0 Å². The lowest BCUT2D eigenvalue weighted by molar-refractivity contribution is -0.131. The summed E-state index contributed by atoms with van der Waals surface area (Å²) in [5, 5.41) is 0. The Morgan fingerprint density at radius 1 is 0.545 bits per heavy atom. The molecule has 0 aromatic carbocycles. The molecule has 0 aromatic rings. The standard InChI is InChI=1S/C7HBr13O2/c8-2(9,4(12,13)6(16,17)18)3(10,11)5(14,15)7(19,20)22-1-21/h1H. The van der Waals surface area contributed by atoms with E-state index >= 15 is 0 Å². The van der Waals surface area contributed by atoms with Crippen LogP contribution in [0.3, 0.4) is 0 Å². The van der Waals surface area contributed by atoms with Gasteiger partial charge in [-0.3, -0.25) is 4.79 Å². The van der Waals surface area contributed by atoms with E-state index in [1.54, 1.807) is 0 Å². The van der Waals surface area contributed by atoms with Crippen molar-refractivity contribution in [2.24, 2.45) is 0 Å². The highest BCUT2D eigenvalue weighted by atomic mass is 80.0. The van der Waals surface area contributed by atoms with Gasteiger partial charge in [-0.1, -0.05) is 175 Å². The number of hydrogen-bond donors (Lipinski definition) is 0. The van der Waals surface area contributed by atoms with E-state index < -0.39 is 18.5 Å². The maximum Gasteiger partial charge on any atom is 0.295 e. The zero-order valence-electron chi connectivity index (χ0n) is 9.31. The fourth-order valence-corrected chi connectivity index (χ4v) is 11.0. The zero-order valence-corrected chi connectivity index (χ0v) is 29.9. The predicted molar refractivity (Wildman–Crippen MR) is 140 cm³/mol. The maximum absolute atomic E-state index is 10.8. The third kappa shape index (κ3) is 5.24. The maximum atomic E-state index is 10.8. The van der Waals surface area contributed by atoms with Gasteiger partial charge >= 0.3 is 0 Å². The highest BCUT2D eigenvalue weighted by Gasteiger charge is 2.74. The first-order valence-corrected chi connectivity index (χ1v) is 14.7. The molecule has 0 aliphatic heterocycles. The first-order chi connectivity index (χ1) is 9.31. The summed E-state index contributed by atoms with van der Waals surface area (Å²) < 4.78 is -1.10. The van der Waals surface area contributed by atoms with E-state index in [9.17, 15) is 4.79 Å². The van der Waals surface area contributed by atoms with E-state index in [0.717, 1.165) is 0 Å².